The van der Waals surface area contributed by atoms with Gasteiger partial charge in [0.2, 0.25) is 5.91 Å². The van der Waals surface area contributed by atoms with Crippen molar-refractivity contribution in [2.45, 2.75) is 6.92 Å². The summed E-state index contributed by atoms with van der Waals surface area (Å²) in [6.07, 6.45) is 1.26. The van der Waals surface area contributed by atoms with Gasteiger partial charge in [-0.2, -0.15) is 0 Å². The molecule has 1 aromatic rings. The lowest BCUT2D eigenvalue weighted by molar-refractivity contribution is -0.126. The number of carbonyl (C=O) groups is 2. The third-order valence-electron chi connectivity index (χ3n) is 1.53. The standard InChI is InChI=1S/C8H8ClN3O2/c1-5(13)12(10)8(14)6-2-3-7(9)11-4-6/h2-4H,10H2,1H3. The average molecular weight is 214 g/mol. The van der Waals surface area contributed by atoms with Gasteiger partial charge < -0.3 is 0 Å². The molecule has 0 fully saturated rings. The van der Waals surface area contributed by atoms with Crippen LogP contribution in [-0.2, 0) is 4.79 Å². The normalized spacial score (nSPS) is 9.64. The van der Waals surface area contributed by atoms with E-state index in [2.05, 4.69) is 4.98 Å². The Kier molecular flexibility index (Phi) is 3.16. The number of imide groups is 1. The topological polar surface area (TPSA) is 76.3 Å². The average Bonchev–Trinajstić information content (AvgIpc) is 2.16. The van der Waals surface area contributed by atoms with Gasteiger partial charge in [-0.15, -0.1) is 0 Å². The first kappa shape index (κ1) is 10.6. The molecule has 0 aliphatic rings. The SMILES string of the molecule is CC(=O)N(N)C(=O)c1ccc(Cl)nc1. The van der Waals surface area contributed by atoms with Crippen molar-refractivity contribution in [1.82, 2.24) is 9.99 Å². The molecule has 0 unspecified atom stereocenters. The maximum atomic E-state index is 11.4. The van der Waals surface area contributed by atoms with Gasteiger partial charge in [-0.1, -0.05) is 11.6 Å². The molecule has 0 bridgehead atoms. The molecule has 0 aliphatic carbocycles. The first-order valence-corrected chi connectivity index (χ1v) is 4.11. The summed E-state index contributed by atoms with van der Waals surface area (Å²) in [7, 11) is 0. The van der Waals surface area contributed by atoms with Crippen molar-refractivity contribution in [1.29, 1.82) is 0 Å². The van der Waals surface area contributed by atoms with Crippen molar-refractivity contribution in [2.24, 2.45) is 5.84 Å². The third kappa shape index (κ3) is 2.27. The second kappa shape index (κ2) is 4.17. The summed E-state index contributed by atoms with van der Waals surface area (Å²) in [6.45, 7) is 1.20. The minimum Gasteiger partial charge on any atom is -0.273 e. The van der Waals surface area contributed by atoms with Crippen LogP contribution in [-0.4, -0.2) is 21.8 Å². The zero-order valence-electron chi connectivity index (χ0n) is 7.40. The van der Waals surface area contributed by atoms with Crippen molar-refractivity contribution >= 4 is 23.4 Å². The van der Waals surface area contributed by atoms with Crippen LogP contribution >= 0.6 is 11.6 Å². The number of carbonyl (C=O) groups excluding carboxylic acids is 2. The number of rotatable bonds is 1. The van der Waals surface area contributed by atoms with E-state index in [1.165, 1.54) is 25.3 Å². The lowest BCUT2D eigenvalue weighted by Gasteiger charge is -2.11. The molecule has 0 aliphatic heterocycles. The third-order valence-corrected chi connectivity index (χ3v) is 1.76. The van der Waals surface area contributed by atoms with Crippen molar-refractivity contribution in [3.63, 3.8) is 0 Å². The fraction of sp³-hybridized carbons (Fsp3) is 0.125. The molecule has 0 radical (unpaired) electrons. The monoisotopic (exact) mass is 213 g/mol. The van der Waals surface area contributed by atoms with Gasteiger partial charge in [0.25, 0.3) is 5.91 Å². The molecule has 0 spiro atoms. The lowest BCUT2D eigenvalue weighted by atomic mass is 10.2. The highest BCUT2D eigenvalue weighted by Gasteiger charge is 2.15. The van der Waals surface area contributed by atoms with Gasteiger partial charge in [-0.3, -0.25) is 9.59 Å². The highest BCUT2D eigenvalue weighted by molar-refractivity contribution is 6.29. The zero-order chi connectivity index (χ0) is 10.7. The van der Waals surface area contributed by atoms with Crippen molar-refractivity contribution in [3.8, 4) is 0 Å². The molecule has 1 heterocycles. The highest BCUT2D eigenvalue weighted by atomic mass is 35.5. The van der Waals surface area contributed by atoms with E-state index in [-0.39, 0.29) is 10.7 Å². The van der Waals surface area contributed by atoms with Gasteiger partial charge in [-0.05, 0) is 12.1 Å². The van der Waals surface area contributed by atoms with Crippen LogP contribution in [0.1, 0.15) is 17.3 Å². The number of hydrogen-bond donors (Lipinski definition) is 1. The maximum Gasteiger partial charge on any atom is 0.276 e. The Balaban J connectivity index is 2.90. The molecule has 0 aromatic carbocycles. The van der Waals surface area contributed by atoms with Crippen LogP contribution in [0.25, 0.3) is 0 Å². The van der Waals surface area contributed by atoms with Gasteiger partial charge >= 0.3 is 0 Å². The summed E-state index contributed by atoms with van der Waals surface area (Å²) in [6, 6.07) is 2.89. The fourth-order valence-electron chi connectivity index (χ4n) is 0.784. The van der Waals surface area contributed by atoms with Crippen LogP contribution in [0.4, 0.5) is 0 Å². The van der Waals surface area contributed by atoms with E-state index < -0.39 is 11.8 Å². The van der Waals surface area contributed by atoms with Crippen LogP contribution < -0.4 is 5.84 Å². The minimum atomic E-state index is -0.610. The number of hydrogen-bond acceptors (Lipinski definition) is 4. The van der Waals surface area contributed by atoms with E-state index in [1.807, 2.05) is 0 Å². The molecule has 0 atom stereocenters. The number of hydrazine groups is 1. The highest BCUT2D eigenvalue weighted by Crippen LogP contribution is 2.06. The Morgan fingerprint density at radius 2 is 2.14 bits per heavy atom. The smallest absolute Gasteiger partial charge is 0.273 e. The van der Waals surface area contributed by atoms with E-state index in [1.54, 1.807) is 0 Å². The van der Waals surface area contributed by atoms with E-state index in [0.717, 1.165) is 0 Å². The number of nitrogens with zero attached hydrogens (tertiary/aromatic N) is 2. The van der Waals surface area contributed by atoms with Gasteiger partial charge in [0.05, 0.1) is 5.56 Å². The van der Waals surface area contributed by atoms with Gasteiger partial charge in [0, 0.05) is 13.1 Å². The predicted molar refractivity (Wildman–Crippen MR) is 50.3 cm³/mol. The minimum absolute atomic E-state index is 0.215. The fourth-order valence-corrected chi connectivity index (χ4v) is 0.896. The quantitative estimate of drug-likeness (QED) is 0.321. The van der Waals surface area contributed by atoms with Crippen molar-refractivity contribution in [2.75, 3.05) is 0 Å². The Labute approximate surface area is 85.4 Å². The molecule has 0 saturated heterocycles. The van der Waals surface area contributed by atoms with E-state index in [0.29, 0.717) is 5.01 Å². The van der Waals surface area contributed by atoms with E-state index in [4.69, 9.17) is 17.4 Å². The largest absolute Gasteiger partial charge is 0.276 e. The molecule has 1 rings (SSSR count). The summed E-state index contributed by atoms with van der Waals surface area (Å²) in [5, 5.41) is 0.790. The summed E-state index contributed by atoms with van der Waals surface area (Å²) >= 11 is 5.52. The lowest BCUT2D eigenvalue weighted by Crippen LogP contribution is -2.41. The molecule has 1 aromatic heterocycles. The second-order valence-corrected chi connectivity index (χ2v) is 2.95. The molecule has 74 valence electrons. The maximum absolute atomic E-state index is 11.4. The molecule has 14 heavy (non-hydrogen) atoms. The first-order chi connectivity index (χ1) is 6.52. The molecule has 2 N–H and O–H groups in total. The van der Waals surface area contributed by atoms with Gasteiger partial charge in [0.1, 0.15) is 5.15 Å². The van der Waals surface area contributed by atoms with Crippen molar-refractivity contribution < 1.29 is 9.59 Å². The molecule has 2 amide bonds. The first-order valence-electron chi connectivity index (χ1n) is 3.73. The van der Waals surface area contributed by atoms with Crippen LogP contribution in [0.5, 0.6) is 0 Å². The molecular weight excluding hydrogens is 206 g/mol. The van der Waals surface area contributed by atoms with E-state index in [9.17, 15) is 9.59 Å². The van der Waals surface area contributed by atoms with Gasteiger partial charge in [0.15, 0.2) is 0 Å². The number of pyridine rings is 1. The molecule has 5 nitrogen and oxygen atoms in total. The van der Waals surface area contributed by atoms with Crippen LogP contribution in [0.3, 0.4) is 0 Å². The van der Waals surface area contributed by atoms with Crippen LogP contribution in [0.15, 0.2) is 18.3 Å². The summed E-state index contributed by atoms with van der Waals surface area (Å²) in [4.78, 5) is 25.8. The summed E-state index contributed by atoms with van der Waals surface area (Å²) in [5.41, 5.74) is 0.215. The number of nitrogens with two attached hydrogens (primary N) is 1. The second-order valence-electron chi connectivity index (χ2n) is 2.56. The van der Waals surface area contributed by atoms with Crippen LogP contribution in [0.2, 0.25) is 5.15 Å². The number of amides is 2. The number of aromatic nitrogens is 1. The Morgan fingerprint density at radius 1 is 1.50 bits per heavy atom. The Bertz CT molecular complexity index is 363. The van der Waals surface area contributed by atoms with Crippen LogP contribution in [0, 0.1) is 0 Å². The summed E-state index contributed by atoms with van der Waals surface area (Å²) < 4.78 is 0. The Hall–Kier alpha value is -1.46. The van der Waals surface area contributed by atoms with Gasteiger partial charge in [-0.25, -0.2) is 15.8 Å². The predicted octanol–water partition coefficient (Wildman–Crippen LogP) is 0.597. The molecule has 0 saturated carbocycles. The number of halogens is 1. The summed E-state index contributed by atoms with van der Waals surface area (Å²) in [5.74, 6) is 4.06. The molecule has 6 heteroatoms. The Morgan fingerprint density at radius 3 is 2.57 bits per heavy atom. The van der Waals surface area contributed by atoms with E-state index >= 15 is 0 Å². The zero-order valence-corrected chi connectivity index (χ0v) is 8.15. The molecular formula is C8H8ClN3O2. The van der Waals surface area contributed by atoms with Crippen molar-refractivity contribution in [3.05, 3.63) is 29.0 Å².